The second-order valence-corrected chi connectivity index (χ2v) is 2.92. The fourth-order valence-corrected chi connectivity index (χ4v) is 1.43. The van der Waals surface area contributed by atoms with E-state index in [1.807, 2.05) is 19.1 Å². The third kappa shape index (κ3) is 0.926. The molecule has 0 aliphatic carbocycles. The molecule has 1 aliphatic heterocycles. The highest BCUT2D eigenvalue weighted by molar-refractivity contribution is 5.79. The first-order valence-corrected chi connectivity index (χ1v) is 3.74. The molecule has 0 saturated heterocycles. The molecular weight excluding hydrogens is 140 g/mol. The highest BCUT2D eigenvalue weighted by Crippen LogP contribution is 2.09. The van der Waals surface area contributed by atoms with Crippen LogP contribution in [0, 0.1) is 0 Å². The van der Waals surface area contributed by atoms with Crippen LogP contribution < -0.4 is 5.32 Å². The van der Waals surface area contributed by atoms with E-state index < -0.39 is 0 Å². The zero-order chi connectivity index (χ0) is 7.84. The van der Waals surface area contributed by atoms with Crippen molar-refractivity contribution in [2.45, 2.75) is 19.4 Å². The van der Waals surface area contributed by atoms with Gasteiger partial charge in [-0.25, -0.2) is 4.79 Å². The summed E-state index contributed by atoms with van der Waals surface area (Å²) in [5, 5.41) is 2.85. The molecule has 3 heteroatoms. The molecule has 2 heterocycles. The molecule has 0 radical (unpaired) electrons. The molecule has 1 amide bonds. The number of nitrogens with one attached hydrogen (secondary N) is 1. The van der Waals surface area contributed by atoms with Crippen molar-refractivity contribution in [2.75, 3.05) is 0 Å². The van der Waals surface area contributed by atoms with Crippen LogP contribution in [0.25, 0.3) is 0 Å². The van der Waals surface area contributed by atoms with Crippen molar-refractivity contribution < 1.29 is 4.79 Å². The Morgan fingerprint density at radius 1 is 1.73 bits per heavy atom. The van der Waals surface area contributed by atoms with Crippen LogP contribution in [0.1, 0.15) is 12.6 Å². The molecule has 1 N–H and O–H groups in total. The Balaban J connectivity index is 2.44. The number of carbonyl (C=O) groups is 1. The number of hydrogen-bond acceptors (Lipinski definition) is 1. The van der Waals surface area contributed by atoms with E-state index in [2.05, 4.69) is 5.32 Å². The van der Waals surface area contributed by atoms with Crippen LogP contribution in [0.15, 0.2) is 18.3 Å². The van der Waals surface area contributed by atoms with E-state index in [0.717, 1.165) is 12.1 Å². The summed E-state index contributed by atoms with van der Waals surface area (Å²) in [6.45, 7) is 2.01. The van der Waals surface area contributed by atoms with Crippen molar-refractivity contribution in [3.63, 3.8) is 0 Å². The normalized spacial score (nSPS) is 22.6. The van der Waals surface area contributed by atoms with Gasteiger partial charge >= 0.3 is 6.03 Å². The van der Waals surface area contributed by atoms with Gasteiger partial charge in [-0.05, 0) is 19.1 Å². The first-order valence-electron chi connectivity index (χ1n) is 3.74. The number of amides is 1. The van der Waals surface area contributed by atoms with Crippen molar-refractivity contribution in [3.05, 3.63) is 24.0 Å². The molecular formula is C8H10N2O. The Morgan fingerprint density at radius 2 is 2.55 bits per heavy atom. The minimum atomic E-state index is -0.0104. The molecule has 1 aromatic heterocycles. The maximum Gasteiger partial charge on any atom is 0.325 e. The Labute approximate surface area is 65.0 Å². The minimum Gasteiger partial charge on any atom is -0.335 e. The van der Waals surface area contributed by atoms with E-state index >= 15 is 0 Å². The molecule has 0 aromatic carbocycles. The van der Waals surface area contributed by atoms with Gasteiger partial charge in [-0.1, -0.05) is 0 Å². The van der Waals surface area contributed by atoms with Crippen LogP contribution in [-0.4, -0.2) is 16.6 Å². The quantitative estimate of drug-likeness (QED) is 0.588. The molecule has 1 atom stereocenters. The lowest BCUT2D eigenvalue weighted by molar-refractivity contribution is 0.234. The maximum absolute atomic E-state index is 11.2. The van der Waals surface area contributed by atoms with E-state index in [4.69, 9.17) is 0 Å². The second kappa shape index (κ2) is 2.12. The Kier molecular flexibility index (Phi) is 1.24. The molecule has 1 unspecified atom stereocenters. The predicted octanol–water partition coefficient (Wildman–Crippen LogP) is 0.990. The van der Waals surface area contributed by atoms with Crippen molar-refractivity contribution in [1.29, 1.82) is 0 Å². The number of rotatable bonds is 0. The summed E-state index contributed by atoms with van der Waals surface area (Å²) in [4.78, 5) is 11.2. The molecule has 58 valence electrons. The molecule has 1 aliphatic rings. The standard InChI is InChI=1S/C8H10N2O/c1-6-5-7-3-2-4-10(7)8(11)9-6/h2-4,6H,5H2,1H3,(H,9,11). The molecule has 0 spiro atoms. The van der Waals surface area contributed by atoms with Crippen molar-refractivity contribution >= 4 is 6.03 Å². The molecule has 0 fully saturated rings. The van der Waals surface area contributed by atoms with Crippen LogP contribution in [0.3, 0.4) is 0 Å². The number of aromatic nitrogens is 1. The largest absolute Gasteiger partial charge is 0.335 e. The second-order valence-electron chi connectivity index (χ2n) is 2.92. The lowest BCUT2D eigenvalue weighted by Gasteiger charge is -2.21. The maximum atomic E-state index is 11.2. The molecule has 2 rings (SSSR count). The third-order valence-corrected chi connectivity index (χ3v) is 1.94. The molecule has 3 nitrogen and oxygen atoms in total. The van der Waals surface area contributed by atoms with Gasteiger partial charge in [0.15, 0.2) is 0 Å². The lowest BCUT2D eigenvalue weighted by Crippen LogP contribution is -2.42. The van der Waals surface area contributed by atoms with E-state index in [-0.39, 0.29) is 12.1 Å². The van der Waals surface area contributed by atoms with E-state index in [0.29, 0.717) is 0 Å². The highest BCUT2D eigenvalue weighted by Gasteiger charge is 2.18. The molecule has 1 aromatic rings. The summed E-state index contributed by atoms with van der Waals surface area (Å²) in [5.74, 6) is 0. The Morgan fingerprint density at radius 3 is 3.36 bits per heavy atom. The average molecular weight is 150 g/mol. The van der Waals surface area contributed by atoms with Crippen LogP contribution >= 0.6 is 0 Å². The van der Waals surface area contributed by atoms with Crippen LogP contribution in [-0.2, 0) is 6.42 Å². The van der Waals surface area contributed by atoms with Gasteiger partial charge in [-0.15, -0.1) is 0 Å². The summed E-state index contributed by atoms with van der Waals surface area (Å²) in [5.41, 5.74) is 1.10. The van der Waals surface area contributed by atoms with Gasteiger partial charge in [-0.3, -0.25) is 4.57 Å². The topological polar surface area (TPSA) is 34.0 Å². The highest BCUT2D eigenvalue weighted by atomic mass is 16.2. The Hall–Kier alpha value is -1.25. The fourth-order valence-electron chi connectivity index (χ4n) is 1.43. The van der Waals surface area contributed by atoms with Gasteiger partial charge in [0.2, 0.25) is 0 Å². The predicted molar refractivity (Wildman–Crippen MR) is 41.5 cm³/mol. The van der Waals surface area contributed by atoms with Gasteiger partial charge in [0.25, 0.3) is 0 Å². The first-order chi connectivity index (χ1) is 5.27. The number of hydrogen-bond donors (Lipinski definition) is 1. The van der Waals surface area contributed by atoms with E-state index in [1.54, 1.807) is 10.8 Å². The van der Waals surface area contributed by atoms with Gasteiger partial charge in [0, 0.05) is 24.4 Å². The van der Waals surface area contributed by atoms with E-state index in [9.17, 15) is 4.79 Å². The zero-order valence-corrected chi connectivity index (χ0v) is 6.37. The average Bonchev–Trinajstić information content (AvgIpc) is 2.34. The summed E-state index contributed by atoms with van der Waals surface area (Å²) < 4.78 is 1.65. The Bertz CT molecular complexity index is 290. The SMILES string of the molecule is CC1Cc2cccn2C(=O)N1. The van der Waals surface area contributed by atoms with Crippen molar-refractivity contribution in [3.8, 4) is 0 Å². The lowest BCUT2D eigenvalue weighted by atomic mass is 10.1. The summed E-state index contributed by atoms with van der Waals surface area (Å²) in [6, 6.07) is 4.14. The van der Waals surface area contributed by atoms with Gasteiger partial charge in [0.1, 0.15) is 0 Å². The fraction of sp³-hybridized carbons (Fsp3) is 0.375. The van der Waals surface area contributed by atoms with Crippen molar-refractivity contribution in [1.82, 2.24) is 9.88 Å². The monoisotopic (exact) mass is 150 g/mol. The molecule has 0 bridgehead atoms. The van der Waals surface area contributed by atoms with E-state index in [1.165, 1.54) is 0 Å². The minimum absolute atomic E-state index is 0.0104. The number of fused-ring (bicyclic) bond motifs is 1. The zero-order valence-electron chi connectivity index (χ0n) is 6.37. The van der Waals surface area contributed by atoms with Gasteiger partial charge < -0.3 is 5.32 Å². The van der Waals surface area contributed by atoms with Gasteiger partial charge in [0.05, 0.1) is 0 Å². The van der Waals surface area contributed by atoms with Crippen molar-refractivity contribution in [2.24, 2.45) is 0 Å². The van der Waals surface area contributed by atoms with Gasteiger partial charge in [-0.2, -0.15) is 0 Å². The van der Waals surface area contributed by atoms with Crippen LogP contribution in [0.5, 0.6) is 0 Å². The first kappa shape index (κ1) is 6.46. The van der Waals surface area contributed by atoms with Crippen LogP contribution in [0.4, 0.5) is 4.79 Å². The molecule has 0 saturated carbocycles. The number of carbonyl (C=O) groups excluding carboxylic acids is 1. The summed E-state index contributed by atoms with van der Waals surface area (Å²) in [7, 11) is 0. The summed E-state index contributed by atoms with van der Waals surface area (Å²) >= 11 is 0. The summed E-state index contributed by atoms with van der Waals surface area (Å²) in [6.07, 6.45) is 2.72. The number of nitrogens with zero attached hydrogens (tertiary/aromatic N) is 1. The molecule has 11 heavy (non-hydrogen) atoms. The van der Waals surface area contributed by atoms with Crippen LogP contribution in [0.2, 0.25) is 0 Å². The smallest absolute Gasteiger partial charge is 0.325 e. The third-order valence-electron chi connectivity index (χ3n) is 1.94.